The Labute approximate surface area is 108 Å². The summed E-state index contributed by atoms with van der Waals surface area (Å²) < 4.78 is 0. The summed E-state index contributed by atoms with van der Waals surface area (Å²) >= 11 is 0. The number of piperidine rings is 1. The minimum absolute atomic E-state index is 0.160. The van der Waals surface area contributed by atoms with Gasteiger partial charge in [-0.3, -0.25) is 4.90 Å². The van der Waals surface area contributed by atoms with E-state index >= 15 is 0 Å². The van der Waals surface area contributed by atoms with Crippen LogP contribution >= 0.6 is 0 Å². The molecule has 1 aliphatic heterocycles. The maximum absolute atomic E-state index is 8.60. The molecule has 1 aromatic carbocycles. The molecule has 0 amide bonds. The van der Waals surface area contributed by atoms with Crippen LogP contribution in [0, 0.1) is 5.92 Å². The summed E-state index contributed by atoms with van der Waals surface area (Å²) in [5.74, 6) is 0.961. The Balaban J connectivity index is 1.97. The normalized spacial score (nSPS) is 22.1. The summed E-state index contributed by atoms with van der Waals surface area (Å²) in [5, 5.41) is 11.6. The highest BCUT2D eigenvalue weighted by molar-refractivity contribution is 5.96. The van der Waals surface area contributed by atoms with E-state index in [4.69, 9.17) is 10.9 Å². The number of hydrogen-bond acceptors (Lipinski definition) is 3. The van der Waals surface area contributed by atoms with Gasteiger partial charge in [-0.05, 0) is 30.9 Å². The van der Waals surface area contributed by atoms with Gasteiger partial charge < -0.3 is 10.9 Å². The minimum Gasteiger partial charge on any atom is -0.409 e. The second kappa shape index (κ2) is 5.87. The van der Waals surface area contributed by atoms with E-state index in [0.717, 1.165) is 18.0 Å². The van der Waals surface area contributed by atoms with Crippen LogP contribution in [0.25, 0.3) is 0 Å². The summed E-state index contributed by atoms with van der Waals surface area (Å²) in [4.78, 5) is 2.49. The molecule has 1 saturated heterocycles. The van der Waals surface area contributed by atoms with Crippen molar-refractivity contribution in [3.05, 3.63) is 35.4 Å². The molecular formula is C14H21N3O. The largest absolute Gasteiger partial charge is 0.409 e. The Morgan fingerprint density at radius 3 is 2.78 bits per heavy atom. The van der Waals surface area contributed by atoms with Gasteiger partial charge in [-0.25, -0.2) is 0 Å². The number of nitrogens with two attached hydrogens (primary N) is 1. The Kier molecular flexibility index (Phi) is 4.20. The van der Waals surface area contributed by atoms with Crippen molar-refractivity contribution >= 4 is 5.84 Å². The molecule has 0 bridgehead atoms. The standard InChI is InChI=1S/C14H21N3O/c1-11-3-2-8-17(9-11)10-12-4-6-13(7-5-12)14(15)16-18/h4-7,11,18H,2-3,8-10H2,1H3,(H2,15,16)/t11-/m0/s1. The van der Waals surface area contributed by atoms with Crippen molar-refractivity contribution < 1.29 is 5.21 Å². The van der Waals surface area contributed by atoms with Gasteiger partial charge >= 0.3 is 0 Å². The fourth-order valence-corrected chi connectivity index (χ4v) is 2.53. The summed E-state index contributed by atoms with van der Waals surface area (Å²) in [6, 6.07) is 7.90. The lowest BCUT2D eigenvalue weighted by molar-refractivity contribution is 0.176. The number of amidine groups is 1. The monoisotopic (exact) mass is 247 g/mol. The van der Waals surface area contributed by atoms with Crippen molar-refractivity contribution in [2.24, 2.45) is 16.8 Å². The van der Waals surface area contributed by atoms with Gasteiger partial charge in [0.25, 0.3) is 0 Å². The molecule has 3 N–H and O–H groups in total. The molecule has 1 heterocycles. The van der Waals surface area contributed by atoms with E-state index in [0.29, 0.717) is 0 Å². The van der Waals surface area contributed by atoms with E-state index in [2.05, 4.69) is 17.0 Å². The molecule has 1 atom stereocenters. The molecule has 4 nitrogen and oxygen atoms in total. The van der Waals surface area contributed by atoms with Crippen LogP contribution < -0.4 is 5.73 Å². The van der Waals surface area contributed by atoms with Crippen LogP contribution in [0.4, 0.5) is 0 Å². The Morgan fingerprint density at radius 1 is 1.44 bits per heavy atom. The minimum atomic E-state index is 0.160. The molecule has 0 aliphatic carbocycles. The Bertz CT molecular complexity index is 414. The lowest BCUT2D eigenvalue weighted by Crippen LogP contribution is -2.33. The van der Waals surface area contributed by atoms with Crippen molar-refractivity contribution in [2.75, 3.05) is 13.1 Å². The summed E-state index contributed by atoms with van der Waals surface area (Å²) in [7, 11) is 0. The zero-order valence-corrected chi connectivity index (χ0v) is 10.8. The zero-order valence-electron chi connectivity index (χ0n) is 10.8. The highest BCUT2D eigenvalue weighted by atomic mass is 16.4. The molecule has 98 valence electrons. The molecule has 2 rings (SSSR count). The van der Waals surface area contributed by atoms with E-state index in [1.807, 2.05) is 24.3 Å². The molecule has 0 saturated carbocycles. The SMILES string of the molecule is C[C@H]1CCCN(Cc2ccc(/C(N)=N\O)cc2)C1. The topological polar surface area (TPSA) is 61.8 Å². The van der Waals surface area contributed by atoms with Gasteiger partial charge in [0.1, 0.15) is 0 Å². The van der Waals surface area contributed by atoms with E-state index in [1.165, 1.54) is 31.5 Å². The molecule has 0 spiro atoms. The zero-order chi connectivity index (χ0) is 13.0. The van der Waals surface area contributed by atoms with Crippen molar-refractivity contribution in [3.8, 4) is 0 Å². The van der Waals surface area contributed by atoms with Gasteiger partial charge in [0.05, 0.1) is 0 Å². The van der Waals surface area contributed by atoms with E-state index in [9.17, 15) is 0 Å². The van der Waals surface area contributed by atoms with E-state index in [-0.39, 0.29) is 5.84 Å². The molecule has 4 heteroatoms. The van der Waals surface area contributed by atoms with Crippen LogP contribution in [0.5, 0.6) is 0 Å². The molecular weight excluding hydrogens is 226 g/mol. The number of hydrogen-bond donors (Lipinski definition) is 2. The maximum atomic E-state index is 8.60. The first-order valence-electron chi connectivity index (χ1n) is 6.48. The third-order valence-corrected chi connectivity index (χ3v) is 3.50. The highest BCUT2D eigenvalue weighted by Gasteiger charge is 2.16. The van der Waals surface area contributed by atoms with Crippen LogP contribution in [0.1, 0.15) is 30.9 Å². The molecule has 0 unspecified atom stereocenters. The van der Waals surface area contributed by atoms with Crippen molar-refractivity contribution in [2.45, 2.75) is 26.3 Å². The highest BCUT2D eigenvalue weighted by Crippen LogP contribution is 2.18. The van der Waals surface area contributed by atoms with E-state index < -0.39 is 0 Å². The first-order chi connectivity index (χ1) is 8.69. The smallest absolute Gasteiger partial charge is 0.170 e. The molecule has 0 radical (unpaired) electrons. The lowest BCUT2D eigenvalue weighted by atomic mass is 9.99. The molecule has 18 heavy (non-hydrogen) atoms. The van der Waals surface area contributed by atoms with Gasteiger partial charge in [0.15, 0.2) is 5.84 Å². The fraction of sp³-hybridized carbons (Fsp3) is 0.500. The molecule has 0 aromatic heterocycles. The lowest BCUT2D eigenvalue weighted by Gasteiger charge is -2.30. The maximum Gasteiger partial charge on any atom is 0.170 e. The average Bonchev–Trinajstić information content (AvgIpc) is 2.39. The van der Waals surface area contributed by atoms with Crippen LogP contribution in [0.15, 0.2) is 29.4 Å². The van der Waals surface area contributed by atoms with Gasteiger partial charge in [-0.1, -0.05) is 36.3 Å². The quantitative estimate of drug-likeness (QED) is 0.372. The van der Waals surface area contributed by atoms with Crippen LogP contribution in [-0.2, 0) is 6.54 Å². The molecule has 1 fully saturated rings. The predicted molar refractivity (Wildman–Crippen MR) is 72.6 cm³/mol. The summed E-state index contributed by atoms with van der Waals surface area (Å²) in [6.07, 6.45) is 2.64. The number of likely N-dealkylation sites (tertiary alicyclic amines) is 1. The Hall–Kier alpha value is -1.55. The van der Waals surface area contributed by atoms with Crippen LogP contribution in [-0.4, -0.2) is 29.0 Å². The van der Waals surface area contributed by atoms with Gasteiger partial charge in [0, 0.05) is 18.7 Å². The third kappa shape index (κ3) is 3.23. The van der Waals surface area contributed by atoms with Crippen molar-refractivity contribution in [1.29, 1.82) is 0 Å². The second-order valence-electron chi connectivity index (χ2n) is 5.16. The third-order valence-electron chi connectivity index (χ3n) is 3.50. The number of nitrogens with zero attached hydrogens (tertiary/aromatic N) is 2. The van der Waals surface area contributed by atoms with Gasteiger partial charge in [-0.15, -0.1) is 0 Å². The first kappa shape index (κ1) is 12.9. The predicted octanol–water partition coefficient (Wildman–Crippen LogP) is 2.01. The van der Waals surface area contributed by atoms with Crippen LogP contribution in [0.2, 0.25) is 0 Å². The average molecular weight is 247 g/mol. The summed E-state index contributed by atoms with van der Waals surface area (Å²) in [6.45, 7) is 5.67. The molecule has 1 aromatic rings. The second-order valence-corrected chi connectivity index (χ2v) is 5.16. The van der Waals surface area contributed by atoms with Crippen molar-refractivity contribution in [3.63, 3.8) is 0 Å². The fourth-order valence-electron chi connectivity index (χ4n) is 2.53. The molecule has 1 aliphatic rings. The van der Waals surface area contributed by atoms with Crippen LogP contribution in [0.3, 0.4) is 0 Å². The first-order valence-corrected chi connectivity index (χ1v) is 6.48. The summed E-state index contributed by atoms with van der Waals surface area (Å²) in [5.41, 5.74) is 7.57. The number of rotatable bonds is 3. The van der Waals surface area contributed by atoms with Crippen molar-refractivity contribution in [1.82, 2.24) is 4.90 Å². The number of benzene rings is 1. The number of oxime groups is 1. The van der Waals surface area contributed by atoms with Gasteiger partial charge in [-0.2, -0.15) is 0 Å². The Morgan fingerprint density at radius 2 is 2.17 bits per heavy atom. The van der Waals surface area contributed by atoms with Gasteiger partial charge in [0.2, 0.25) is 0 Å². The van der Waals surface area contributed by atoms with E-state index in [1.54, 1.807) is 0 Å².